The Morgan fingerprint density at radius 2 is 2.15 bits per heavy atom. The Morgan fingerprint density at radius 3 is 2.69 bits per heavy atom. The highest BCUT2D eigenvalue weighted by Crippen LogP contribution is 2.21. The first kappa shape index (κ1) is 9.78. The van der Waals surface area contributed by atoms with E-state index in [9.17, 15) is 4.39 Å². The van der Waals surface area contributed by atoms with E-state index in [0.717, 1.165) is 0 Å². The first-order valence-electron chi connectivity index (χ1n) is 4.22. The molecule has 1 aromatic rings. The van der Waals surface area contributed by atoms with Crippen molar-refractivity contribution in [2.24, 2.45) is 0 Å². The van der Waals surface area contributed by atoms with Crippen molar-refractivity contribution in [3.05, 3.63) is 36.2 Å². The van der Waals surface area contributed by atoms with E-state index < -0.39 is 0 Å². The summed E-state index contributed by atoms with van der Waals surface area (Å²) in [5.41, 5.74) is 0.471. The molecule has 0 fully saturated rings. The van der Waals surface area contributed by atoms with E-state index in [-0.39, 0.29) is 17.7 Å². The van der Waals surface area contributed by atoms with Gasteiger partial charge in [-0.1, -0.05) is 24.8 Å². The summed E-state index contributed by atoms with van der Waals surface area (Å²) in [6.45, 7) is 7.24. The Morgan fingerprint density at radius 1 is 1.46 bits per heavy atom. The molecule has 0 saturated heterocycles. The van der Waals surface area contributed by atoms with Crippen molar-refractivity contribution >= 4 is 6.08 Å². The van der Waals surface area contributed by atoms with E-state index in [0.29, 0.717) is 5.56 Å². The van der Waals surface area contributed by atoms with Gasteiger partial charge in [-0.2, -0.15) is 0 Å². The maximum Gasteiger partial charge on any atom is 0.172 e. The predicted octanol–water partition coefficient (Wildman–Crippen LogP) is 3.26. The average Bonchev–Trinajstić information content (AvgIpc) is 2.08. The molecule has 0 saturated carbocycles. The number of halogens is 1. The van der Waals surface area contributed by atoms with E-state index in [4.69, 9.17) is 4.74 Å². The van der Waals surface area contributed by atoms with Gasteiger partial charge in [-0.05, 0) is 19.9 Å². The minimum atomic E-state index is -0.341. The van der Waals surface area contributed by atoms with Gasteiger partial charge in [0.05, 0.1) is 6.10 Å². The Labute approximate surface area is 77.8 Å². The molecule has 0 aromatic heterocycles. The van der Waals surface area contributed by atoms with Gasteiger partial charge in [0.1, 0.15) is 0 Å². The van der Waals surface area contributed by atoms with Crippen molar-refractivity contribution in [3.8, 4) is 5.75 Å². The molecule has 13 heavy (non-hydrogen) atoms. The SMILES string of the molecule is C=Cc1cccc(OC(C)C)c1F. The van der Waals surface area contributed by atoms with Crippen LogP contribution >= 0.6 is 0 Å². The molecule has 0 aliphatic heterocycles. The van der Waals surface area contributed by atoms with Crippen LogP contribution in [0.3, 0.4) is 0 Å². The molecule has 0 spiro atoms. The summed E-state index contributed by atoms with van der Waals surface area (Å²) in [6.07, 6.45) is 1.46. The van der Waals surface area contributed by atoms with Gasteiger partial charge in [0.2, 0.25) is 0 Å². The Balaban J connectivity index is 3.01. The van der Waals surface area contributed by atoms with E-state index in [2.05, 4.69) is 6.58 Å². The van der Waals surface area contributed by atoms with Crippen LogP contribution in [0.2, 0.25) is 0 Å². The molecule has 1 aromatic carbocycles. The van der Waals surface area contributed by atoms with Crippen LogP contribution in [-0.2, 0) is 0 Å². The summed E-state index contributed by atoms with van der Waals surface area (Å²) < 4.78 is 18.7. The smallest absolute Gasteiger partial charge is 0.172 e. The lowest BCUT2D eigenvalue weighted by atomic mass is 10.2. The lowest BCUT2D eigenvalue weighted by Gasteiger charge is -2.11. The van der Waals surface area contributed by atoms with Crippen molar-refractivity contribution in [1.82, 2.24) is 0 Å². The normalized spacial score (nSPS) is 10.2. The van der Waals surface area contributed by atoms with E-state index in [1.54, 1.807) is 18.2 Å². The molecule has 0 amide bonds. The number of hydrogen-bond acceptors (Lipinski definition) is 1. The van der Waals surface area contributed by atoms with E-state index in [1.807, 2.05) is 13.8 Å². The molecule has 0 bridgehead atoms. The zero-order valence-corrected chi connectivity index (χ0v) is 7.88. The lowest BCUT2D eigenvalue weighted by molar-refractivity contribution is 0.231. The maximum atomic E-state index is 13.4. The topological polar surface area (TPSA) is 9.23 Å². The van der Waals surface area contributed by atoms with Crippen molar-refractivity contribution in [3.63, 3.8) is 0 Å². The maximum absolute atomic E-state index is 13.4. The minimum Gasteiger partial charge on any atom is -0.488 e. The second-order valence-corrected chi connectivity index (χ2v) is 3.03. The van der Waals surface area contributed by atoms with Crippen LogP contribution in [0, 0.1) is 5.82 Å². The fraction of sp³-hybridized carbons (Fsp3) is 0.273. The third-order valence-corrected chi connectivity index (χ3v) is 1.58. The number of benzene rings is 1. The first-order chi connectivity index (χ1) is 6.15. The Bertz CT molecular complexity index is 305. The van der Waals surface area contributed by atoms with Crippen LogP contribution in [0.15, 0.2) is 24.8 Å². The monoisotopic (exact) mass is 180 g/mol. The Hall–Kier alpha value is -1.31. The zero-order valence-electron chi connectivity index (χ0n) is 7.88. The quantitative estimate of drug-likeness (QED) is 0.693. The molecular weight excluding hydrogens is 167 g/mol. The molecule has 0 aliphatic carbocycles. The predicted molar refractivity (Wildman–Crippen MR) is 52.3 cm³/mol. The van der Waals surface area contributed by atoms with Gasteiger partial charge in [-0.25, -0.2) is 4.39 Å². The number of rotatable bonds is 3. The molecule has 0 heterocycles. The molecule has 70 valence electrons. The second kappa shape index (κ2) is 4.08. The highest BCUT2D eigenvalue weighted by molar-refractivity contribution is 5.50. The van der Waals surface area contributed by atoms with Gasteiger partial charge < -0.3 is 4.74 Å². The largest absolute Gasteiger partial charge is 0.488 e. The zero-order chi connectivity index (χ0) is 9.84. The Kier molecular flexibility index (Phi) is 3.07. The molecule has 0 unspecified atom stereocenters. The fourth-order valence-corrected chi connectivity index (χ4v) is 1.03. The molecule has 0 atom stereocenters. The average molecular weight is 180 g/mol. The van der Waals surface area contributed by atoms with E-state index in [1.165, 1.54) is 6.08 Å². The van der Waals surface area contributed by atoms with Crippen molar-refractivity contribution < 1.29 is 9.13 Å². The van der Waals surface area contributed by atoms with Crippen LogP contribution < -0.4 is 4.74 Å². The minimum absolute atomic E-state index is 0.0189. The molecule has 1 nitrogen and oxygen atoms in total. The van der Waals surface area contributed by atoms with Crippen LogP contribution in [0.1, 0.15) is 19.4 Å². The van der Waals surface area contributed by atoms with Gasteiger partial charge in [-0.3, -0.25) is 0 Å². The van der Waals surface area contributed by atoms with Crippen molar-refractivity contribution in [2.75, 3.05) is 0 Å². The number of ether oxygens (including phenoxy) is 1. The standard InChI is InChI=1S/C11H13FO/c1-4-9-6-5-7-10(11(9)12)13-8(2)3/h4-8H,1H2,2-3H3. The second-order valence-electron chi connectivity index (χ2n) is 3.03. The van der Waals surface area contributed by atoms with Gasteiger partial charge in [0.25, 0.3) is 0 Å². The van der Waals surface area contributed by atoms with Crippen LogP contribution in [0.5, 0.6) is 5.75 Å². The third kappa shape index (κ3) is 2.31. The van der Waals surface area contributed by atoms with E-state index >= 15 is 0 Å². The molecule has 0 radical (unpaired) electrons. The highest BCUT2D eigenvalue weighted by atomic mass is 19.1. The first-order valence-corrected chi connectivity index (χ1v) is 4.22. The summed E-state index contributed by atoms with van der Waals surface area (Å²) >= 11 is 0. The van der Waals surface area contributed by atoms with Gasteiger partial charge >= 0.3 is 0 Å². The van der Waals surface area contributed by atoms with Crippen LogP contribution in [0.25, 0.3) is 6.08 Å². The van der Waals surface area contributed by atoms with Crippen LogP contribution in [0.4, 0.5) is 4.39 Å². The molecule has 0 N–H and O–H groups in total. The van der Waals surface area contributed by atoms with Gasteiger partial charge in [0.15, 0.2) is 11.6 Å². The molecule has 2 heteroatoms. The molecule has 0 aliphatic rings. The van der Waals surface area contributed by atoms with Gasteiger partial charge in [-0.15, -0.1) is 0 Å². The highest BCUT2D eigenvalue weighted by Gasteiger charge is 2.07. The lowest BCUT2D eigenvalue weighted by Crippen LogP contribution is -2.07. The van der Waals surface area contributed by atoms with Crippen LogP contribution in [-0.4, -0.2) is 6.10 Å². The summed E-state index contributed by atoms with van der Waals surface area (Å²) in [5.74, 6) is -0.0569. The summed E-state index contributed by atoms with van der Waals surface area (Å²) in [5, 5.41) is 0. The molecule has 1 rings (SSSR count). The summed E-state index contributed by atoms with van der Waals surface area (Å²) in [4.78, 5) is 0. The van der Waals surface area contributed by atoms with Crippen molar-refractivity contribution in [1.29, 1.82) is 0 Å². The summed E-state index contributed by atoms with van der Waals surface area (Å²) in [7, 11) is 0. The van der Waals surface area contributed by atoms with Gasteiger partial charge in [0, 0.05) is 5.56 Å². The fourth-order valence-electron chi connectivity index (χ4n) is 1.03. The third-order valence-electron chi connectivity index (χ3n) is 1.58. The number of hydrogen-bond donors (Lipinski definition) is 0. The summed E-state index contributed by atoms with van der Waals surface area (Å²) in [6, 6.07) is 5.02. The van der Waals surface area contributed by atoms with Crippen molar-refractivity contribution in [2.45, 2.75) is 20.0 Å². The molecular formula is C11H13FO.